The number of hydrogen-bond donors (Lipinski definition) is 1. The highest BCUT2D eigenvalue weighted by atomic mass is 19.4. The highest BCUT2D eigenvalue weighted by Crippen LogP contribution is 2.46. The lowest BCUT2D eigenvalue weighted by molar-refractivity contribution is -0.139. The van der Waals surface area contributed by atoms with E-state index in [1.807, 2.05) is 0 Å². The Morgan fingerprint density at radius 3 is 2.71 bits per heavy atom. The molecule has 1 aromatic rings. The van der Waals surface area contributed by atoms with Crippen LogP contribution in [0.3, 0.4) is 0 Å². The van der Waals surface area contributed by atoms with Crippen molar-refractivity contribution in [3.8, 4) is 5.88 Å². The third-order valence-electron chi connectivity index (χ3n) is 4.68. The summed E-state index contributed by atoms with van der Waals surface area (Å²) in [6.45, 7) is 1.98. The summed E-state index contributed by atoms with van der Waals surface area (Å²) in [5.74, 6) is -0.277. The fraction of sp³-hybridized carbons (Fsp3) is 0.667. The number of halogens is 3. The van der Waals surface area contributed by atoms with E-state index in [-0.39, 0.29) is 17.4 Å². The molecule has 1 aliphatic heterocycles. The topological polar surface area (TPSA) is 34.1 Å². The van der Waals surface area contributed by atoms with Crippen molar-refractivity contribution in [1.29, 1.82) is 0 Å². The number of alkyl halides is 3. The van der Waals surface area contributed by atoms with Crippen molar-refractivity contribution in [2.45, 2.75) is 44.4 Å². The number of piperidine rings is 1. The number of nitrogens with zero attached hydrogens (tertiary/aromatic N) is 1. The molecule has 1 spiro atoms. The number of hydrogen-bond acceptors (Lipinski definition) is 3. The van der Waals surface area contributed by atoms with Crippen molar-refractivity contribution in [3.05, 3.63) is 23.9 Å². The quantitative estimate of drug-likeness (QED) is 0.909. The first kappa shape index (κ1) is 14.6. The predicted octanol–water partition coefficient (Wildman–Crippen LogP) is 3.40. The van der Waals surface area contributed by atoms with Crippen LogP contribution in [-0.2, 0) is 6.18 Å². The van der Waals surface area contributed by atoms with Crippen LogP contribution in [-0.4, -0.2) is 24.2 Å². The van der Waals surface area contributed by atoms with Crippen molar-refractivity contribution in [2.24, 2.45) is 5.41 Å². The van der Waals surface area contributed by atoms with Crippen LogP contribution in [0.1, 0.15) is 37.7 Å². The molecule has 116 valence electrons. The zero-order valence-electron chi connectivity index (χ0n) is 11.7. The van der Waals surface area contributed by atoms with Crippen molar-refractivity contribution >= 4 is 0 Å². The molecule has 21 heavy (non-hydrogen) atoms. The van der Waals surface area contributed by atoms with Gasteiger partial charge in [-0.3, -0.25) is 0 Å². The molecule has 1 aliphatic carbocycles. The van der Waals surface area contributed by atoms with E-state index >= 15 is 0 Å². The second kappa shape index (κ2) is 5.48. The molecule has 3 nitrogen and oxygen atoms in total. The van der Waals surface area contributed by atoms with E-state index in [1.165, 1.54) is 12.3 Å². The minimum atomic E-state index is -4.42. The van der Waals surface area contributed by atoms with E-state index in [4.69, 9.17) is 4.74 Å². The van der Waals surface area contributed by atoms with Crippen LogP contribution < -0.4 is 10.1 Å². The first-order valence-corrected chi connectivity index (χ1v) is 7.38. The summed E-state index contributed by atoms with van der Waals surface area (Å²) in [5, 5.41) is 3.33. The van der Waals surface area contributed by atoms with Crippen molar-refractivity contribution in [2.75, 3.05) is 13.1 Å². The Kier molecular flexibility index (Phi) is 3.82. The van der Waals surface area contributed by atoms with Gasteiger partial charge in [0.05, 0.1) is 0 Å². The lowest BCUT2D eigenvalue weighted by Crippen LogP contribution is -2.35. The van der Waals surface area contributed by atoms with Crippen LogP contribution in [0.4, 0.5) is 13.2 Å². The lowest BCUT2D eigenvalue weighted by atomic mass is 9.77. The number of aromatic nitrogens is 1. The molecule has 1 saturated heterocycles. The summed E-state index contributed by atoms with van der Waals surface area (Å²) in [6.07, 6.45) is 1.62. The Labute approximate surface area is 121 Å². The zero-order chi connectivity index (χ0) is 14.9. The molecule has 2 heterocycles. The van der Waals surface area contributed by atoms with Crippen molar-refractivity contribution in [3.63, 3.8) is 0 Å². The summed E-state index contributed by atoms with van der Waals surface area (Å²) >= 11 is 0. The number of rotatable bonds is 2. The van der Waals surface area contributed by atoms with Gasteiger partial charge in [-0.1, -0.05) is 0 Å². The minimum absolute atomic E-state index is 0.154. The minimum Gasteiger partial charge on any atom is -0.474 e. The van der Waals surface area contributed by atoms with Crippen LogP contribution in [0.15, 0.2) is 18.3 Å². The lowest BCUT2D eigenvalue weighted by Gasteiger charge is -2.33. The normalized spacial score (nSPS) is 25.2. The van der Waals surface area contributed by atoms with Crippen molar-refractivity contribution < 1.29 is 17.9 Å². The van der Waals surface area contributed by atoms with Gasteiger partial charge >= 0.3 is 6.18 Å². The monoisotopic (exact) mass is 300 g/mol. The van der Waals surface area contributed by atoms with E-state index < -0.39 is 11.7 Å². The summed E-state index contributed by atoms with van der Waals surface area (Å²) in [5.41, 5.74) is -0.528. The molecule has 1 aromatic heterocycles. The maximum absolute atomic E-state index is 12.9. The summed E-state index contributed by atoms with van der Waals surface area (Å²) in [4.78, 5) is 3.79. The summed E-state index contributed by atoms with van der Waals surface area (Å²) < 4.78 is 44.4. The number of ether oxygens (including phenoxy) is 1. The van der Waals surface area contributed by atoms with Gasteiger partial charge in [-0.15, -0.1) is 0 Å². The Hall–Kier alpha value is -1.30. The van der Waals surface area contributed by atoms with E-state index in [9.17, 15) is 13.2 Å². The molecule has 3 rings (SSSR count). The van der Waals surface area contributed by atoms with Crippen LogP contribution in [0.2, 0.25) is 0 Å². The molecule has 0 bridgehead atoms. The molecule has 0 radical (unpaired) electrons. The summed E-state index contributed by atoms with van der Waals surface area (Å²) in [6, 6.07) is 2.32. The predicted molar refractivity (Wildman–Crippen MR) is 72.0 cm³/mol. The SMILES string of the molecule is FC(F)(F)c1cccnc1OC1CCC2(CCNCC2)C1. The molecular formula is C15H19F3N2O. The fourth-order valence-electron chi connectivity index (χ4n) is 3.52. The van der Waals surface area contributed by atoms with E-state index in [1.54, 1.807) is 0 Å². The molecule has 1 N–H and O–H groups in total. The van der Waals surface area contributed by atoms with Gasteiger partial charge in [0.1, 0.15) is 11.7 Å². The number of nitrogens with one attached hydrogen (secondary N) is 1. The molecule has 0 aromatic carbocycles. The van der Waals surface area contributed by atoms with Crippen molar-refractivity contribution in [1.82, 2.24) is 10.3 Å². The van der Waals surface area contributed by atoms with Gasteiger partial charge in [0, 0.05) is 6.20 Å². The Morgan fingerprint density at radius 2 is 2.00 bits per heavy atom. The highest BCUT2D eigenvalue weighted by Gasteiger charge is 2.42. The molecule has 2 aliphatic rings. The molecular weight excluding hydrogens is 281 g/mol. The smallest absolute Gasteiger partial charge is 0.421 e. The van der Waals surface area contributed by atoms with E-state index in [0.29, 0.717) is 0 Å². The Morgan fingerprint density at radius 1 is 1.24 bits per heavy atom. The maximum Gasteiger partial charge on any atom is 0.421 e. The van der Waals surface area contributed by atoms with Gasteiger partial charge < -0.3 is 10.1 Å². The van der Waals surface area contributed by atoms with Crippen LogP contribution in [0.5, 0.6) is 5.88 Å². The first-order chi connectivity index (χ1) is 9.99. The average Bonchev–Trinajstić information content (AvgIpc) is 2.81. The summed E-state index contributed by atoms with van der Waals surface area (Å²) in [7, 11) is 0. The second-order valence-electron chi connectivity index (χ2n) is 6.09. The standard InChI is InChI=1S/C15H19F3N2O/c16-15(17,18)12-2-1-7-20-13(12)21-11-3-4-14(10-11)5-8-19-9-6-14/h1-2,7,11,19H,3-6,8-10H2. The first-order valence-electron chi connectivity index (χ1n) is 7.38. The number of pyridine rings is 1. The third-order valence-corrected chi connectivity index (χ3v) is 4.68. The molecule has 1 atom stereocenters. The average molecular weight is 300 g/mol. The van der Waals surface area contributed by atoms with Gasteiger partial charge in [0.15, 0.2) is 0 Å². The van der Waals surface area contributed by atoms with E-state index in [0.717, 1.165) is 51.3 Å². The van der Waals surface area contributed by atoms with Gasteiger partial charge in [0.25, 0.3) is 0 Å². The van der Waals surface area contributed by atoms with Crippen LogP contribution in [0.25, 0.3) is 0 Å². The van der Waals surface area contributed by atoms with Gasteiger partial charge in [0.2, 0.25) is 5.88 Å². The van der Waals surface area contributed by atoms with Gasteiger partial charge in [-0.05, 0) is 62.7 Å². The van der Waals surface area contributed by atoms with Crippen LogP contribution >= 0.6 is 0 Å². The Bertz CT molecular complexity index is 498. The van der Waals surface area contributed by atoms with E-state index in [2.05, 4.69) is 10.3 Å². The third kappa shape index (κ3) is 3.15. The molecule has 2 fully saturated rings. The molecule has 0 amide bonds. The fourth-order valence-corrected chi connectivity index (χ4v) is 3.52. The zero-order valence-corrected chi connectivity index (χ0v) is 11.7. The highest BCUT2D eigenvalue weighted by molar-refractivity contribution is 5.28. The maximum atomic E-state index is 12.9. The molecule has 6 heteroatoms. The van der Waals surface area contributed by atoms with Gasteiger partial charge in [-0.2, -0.15) is 13.2 Å². The molecule has 1 saturated carbocycles. The Balaban J connectivity index is 1.71. The van der Waals surface area contributed by atoms with Gasteiger partial charge in [-0.25, -0.2) is 4.98 Å². The van der Waals surface area contributed by atoms with Crippen LogP contribution in [0, 0.1) is 5.41 Å². The molecule has 1 unspecified atom stereocenters. The second-order valence-corrected chi connectivity index (χ2v) is 6.09. The largest absolute Gasteiger partial charge is 0.474 e.